The molecule has 1 fully saturated rings. The fourth-order valence-corrected chi connectivity index (χ4v) is 4.00. The lowest BCUT2D eigenvalue weighted by Gasteiger charge is -2.17. The summed E-state index contributed by atoms with van der Waals surface area (Å²) in [6, 6.07) is 8.86. The van der Waals surface area contributed by atoms with E-state index in [1.54, 1.807) is 17.0 Å². The van der Waals surface area contributed by atoms with Gasteiger partial charge in [0.25, 0.3) is 5.91 Å². The van der Waals surface area contributed by atoms with Crippen LogP contribution >= 0.6 is 0 Å². The third kappa shape index (κ3) is 4.07. The molecule has 0 spiro atoms. The smallest absolute Gasteiger partial charge is 0.387 e. The van der Waals surface area contributed by atoms with Gasteiger partial charge < -0.3 is 14.8 Å². The maximum atomic E-state index is 13.2. The molecule has 1 aliphatic rings. The number of carbonyl (C=O) groups excluding carboxylic acids is 1. The number of aromatic nitrogens is 4. The van der Waals surface area contributed by atoms with Crippen LogP contribution in [0, 0.1) is 0 Å². The number of nitrogens with zero attached hydrogens (tertiary/aromatic N) is 3. The lowest BCUT2D eigenvalue weighted by atomic mass is 10.0. The van der Waals surface area contributed by atoms with Gasteiger partial charge in [-0.2, -0.15) is 13.9 Å². The topological polar surface area (TPSA) is 94.1 Å². The number of H-pyrrole nitrogens is 1. The molecule has 1 aliphatic carbocycles. The average Bonchev–Trinajstić information content (AvgIpc) is 3.33. The highest BCUT2D eigenvalue weighted by Gasteiger charge is 2.29. The first kappa shape index (κ1) is 21.9. The van der Waals surface area contributed by atoms with Crippen molar-refractivity contribution in [3.63, 3.8) is 0 Å². The molecule has 2 aromatic carbocycles. The number of hydrogen-bond donors (Lipinski definition) is 2. The Labute approximate surface area is 193 Å². The van der Waals surface area contributed by atoms with Crippen LogP contribution in [0.2, 0.25) is 0 Å². The highest BCUT2D eigenvalue weighted by Crippen LogP contribution is 2.36. The summed E-state index contributed by atoms with van der Waals surface area (Å²) in [5.41, 5.74) is 4.81. The number of nitrogens with one attached hydrogen (secondary N) is 2. The van der Waals surface area contributed by atoms with E-state index in [1.807, 2.05) is 31.3 Å². The Morgan fingerprint density at radius 1 is 1.26 bits per heavy atom. The van der Waals surface area contributed by atoms with Gasteiger partial charge in [0.1, 0.15) is 23.4 Å². The highest BCUT2D eigenvalue weighted by atomic mass is 19.3. The van der Waals surface area contributed by atoms with Crippen LogP contribution < -0.4 is 14.8 Å². The molecule has 1 amide bonds. The van der Waals surface area contributed by atoms with Crippen LogP contribution in [0.5, 0.6) is 11.5 Å². The highest BCUT2D eigenvalue weighted by molar-refractivity contribution is 6.00. The number of aryl methyl sites for hydroxylation is 1. The van der Waals surface area contributed by atoms with Crippen molar-refractivity contribution >= 4 is 16.9 Å². The fourth-order valence-electron chi connectivity index (χ4n) is 4.00. The number of carbonyl (C=O) groups is 1. The Balaban J connectivity index is 1.58. The summed E-state index contributed by atoms with van der Waals surface area (Å²) in [5.74, 6) is -0.628. The van der Waals surface area contributed by atoms with Crippen molar-refractivity contribution in [1.29, 1.82) is 0 Å². The predicted octanol–water partition coefficient (Wildman–Crippen LogP) is 4.48. The molecule has 34 heavy (non-hydrogen) atoms. The molecule has 2 aromatic heterocycles. The SMILES string of the molecule is CCc1n[nH]cc1-c1ccc2c(c1)ncn2-c1cc(OC)c(C(=O)NC2CC2)c(OC(F)F)c1. The lowest BCUT2D eigenvalue weighted by Crippen LogP contribution is -2.27. The number of amides is 1. The molecule has 8 nitrogen and oxygen atoms in total. The molecule has 0 saturated heterocycles. The second-order valence-corrected chi connectivity index (χ2v) is 8.06. The van der Waals surface area contributed by atoms with Crippen LogP contribution in [-0.2, 0) is 6.42 Å². The summed E-state index contributed by atoms with van der Waals surface area (Å²) in [6.45, 7) is -1.06. The molecule has 4 aromatic rings. The quantitative estimate of drug-likeness (QED) is 0.399. The van der Waals surface area contributed by atoms with Crippen LogP contribution in [0.15, 0.2) is 42.9 Å². The second-order valence-electron chi connectivity index (χ2n) is 8.06. The van der Waals surface area contributed by atoms with E-state index in [9.17, 15) is 13.6 Å². The molecule has 176 valence electrons. The minimum absolute atomic E-state index is 0.0477. The zero-order valence-electron chi connectivity index (χ0n) is 18.6. The standard InChI is InChI=1S/C24H23F2N5O3/c1-3-17-16(11-28-30-17)13-4-7-19-18(8-13)27-12-31(19)15-9-20(33-2)22(21(10-15)34-24(25)26)23(32)29-14-5-6-14/h4,7-12,14,24H,3,5-6H2,1-2H3,(H,28,30)(H,29,32). The first-order valence-corrected chi connectivity index (χ1v) is 11.0. The normalized spacial score (nSPS) is 13.4. The van der Waals surface area contributed by atoms with Crippen LogP contribution in [0.1, 0.15) is 35.8 Å². The molecule has 0 unspecified atom stereocenters. The summed E-state index contributed by atoms with van der Waals surface area (Å²) >= 11 is 0. The average molecular weight is 467 g/mol. The number of hydrogen-bond acceptors (Lipinski definition) is 5. The van der Waals surface area contributed by atoms with Gasteiger partial charge in [0.2, 0.25) is 0 Å². The van der Waals surface area contributed by atoms with Gasteiger partial charge in [0, 0.05) is 29.9 Å². The van der Waals surface area contributed by atoms with Crippen LogP contribution in [0.25, 0.3) is 27.8 Å². The molecule has 0 bridgehead atoms. The number of aromatic amines is 1. The van der Waals surface area contributed by atoms with Crippen LogP contribution in [-0.4, -0.2) is 45.4 Å². The Hall–Kier alpha value is -3.95. The fraction of sp³-hybridized carbons (Fsp3) is 0.292. The van der Waals surface area contributed by atoms with E-state index in [0.29, 0.717) is 11.2 Å². The first-order valence-electron chi connectivity index (χ1n) is 11.0. The van der Waals surface area contributed by atoms with Gasteiger partial charge in [0.05, 0.1) is 29.5 Å². The number of fused-ring (bicyclic) bond motifs is 1. The van der Waals surface area contributed by atoms with Gasteiger partial charge >= 0.3 is 6.61 Å². The molecule has 0 atom stereocenters. The number of rotatable bonds is 8. The maximum Gasteiger partial charge on any atom is 0.387 e. The van der Waals surface area contributed by atoms with Crippen molar-refractivity contribution in [2.24, 2.45) is 0 Å². The van der Waals surface area contributed by atoms with Crippen molar-refractivity contribution in [2.75, 3.05) is 7.11 Å². The summed E-state index contributed by atoms with van der Waals surface area (Å²) in [7, 11) is 1.38. The zero-order valence-corrected chi connectivity index (χ0v) is 18.6. The van der Waals surface area contributed by atoms with Crippen molar-refractivity contribution in [3.05, 3.63) is 54.1 Å². The number of benzene rings is 2. The monoisotopic (exact) mass is 467 g/mol. The minimum atomic E-state index is -3.10. The summed E-state index contributed by atoms with van der Waals surface area (Å²) in [6.07, 6.45) is 5.95. The van der Waals surface area contributed by atoms with Gasteiger partial charge in [-0.15, -0.1) is 0 Å². The number of alkyl halides is 2. The molecular formula is C24H23F2N5O3. The molecule has 1 saturated carbocycles. The molecule has 0 radical (unpaired) electrons. The van der Waals surface area contributed by atoms with Crippen molar-refractivity contribution in [1.82, 2.24) is 25.1 Å². The van der Waals surface area contributed by atoms with E-state index in [-0.39, 0.29) is 23.1 Å². The van der Waals surface area contributed by atoms with E-state index in [4.69, 9.17) is 9.47 Å². The Morgan fingerprint density at radius 3 is 2.76 bits per heavy atom. The minimum Gasteiger partial charge on any atom is -0.496 e. The predicted molar refractivity (Wildman–Crippen MR) is 122 cm³/mol. The second kappa shape index (κ2) is 8.77. The maximum absolute atomic E-state index is 13.2. The Kier molecular flexibility index (Phi) is 5.64. The van der Waals surface area contributed by atoms with Crippen molar-refractivity contribution < 1.29 is 23.0 Å². The number of halogens is 2. The largest absolute Gasteiger partial charge is 0.496 e. The Bertz CT molecular complexity index is 1360. The Morgan fingerprint density at radius 2 is 2.06 bits per heavy atom. The summed E-state index contributed by atoms with van der Waals surface area (Å²) in [4.78, 5) is 17.2. The number of ether oxygens (including phenoxy) is 2. The van der Waals surface area contributed by atoms with Gasteiger partial charge in [0.15, 0.2) is 0 Å². The number of imidazole rings is 1. The van der Waals surface area contributed by atoms with Crippen molar-refractivity contribution in [3.8, 4) is 28.3 Å². The van der Waals surface area contributed by atoms with Crippen LogP contribution in [0.4, 0.5) is 8.78 Å². The van der Waals surface area contributed by atoms with Crippen molar-refractivity contribution in [2.45, 2.75) is 38.8 Å². The van der Waals surface area contributed by atoms with E-state index in [0.717, 1.165) is 41.6 Å². The lowest BCUT2D eigenvalue weighted by molar-refractivity contribution is -0.0502. The molecule has 5 rings (SSSR count). The van der Waals surface area contributed by atoms with E-state index < -0.39 is 12.5 Å². The molecule has 2 N–H and O–H groups in total. The molecular weight excluding hydrogens is 444 g/mol. The van der Waals surface area contributed by atoms with Gasteiger partial charge in [-0.05, 0) is 37.0 Å². The van der Waals surface area contributed by atoms with E-state index in [2.05, 4.69) is 20.5 Å². The summed E-state index contributed by atoms with van der Waals surface area (Å²) in [5, 5.41) is 9.96. The van der Waals surface area contributed by atoms with E-state index >= 15 is 0 Å². The zero-order chi connectivity index (χ0) is 23.8. The van der Waals surface area contributed by atoms with E-state index in [1.165, 1.54) is 13.2 Å². The molecule has 0 aliphatic heterocycles. The summed E-state index contributed by atoms with van der Waals surface area (Å²) < 4.78 is 38.3. The third-order valence-electron chi connectivity index (χ3n) is 5.82. The first-order chi connectivity index (χ1) is 16.5. The molecule has 10 heteroatoms. The van der Waals surface area contributed by atoms with Gasteiger partial charge in [-0.25, -0.2) is 4.98 Å². The van der Waals surface area contributed by atoms with Gasteiger partial charge in [-0.3, -0.25) is 14.5 Å². The number of methoxy groups -OCH3 is 1. The third-order valence-corrected chi connectivity index (χ3v) is 5.82. The molecule has 2 heterocycles. The van der Waals surface area contributed by atoms with Gasteiger partial charge in [-0.1, -0.05) is 13.0 Å². The van der Waals surface area contributed by atoms with Crippen LogP contribution in [0.3, 0.4) is 0 Å².